The Kier molecular flexibility index (Phi) is 8.73. The van der Waals surface area contributed by atoms with Crippen LogP contribution in [0.25, 0.3) is 0 Å². The van der Waals surface area contributed by atoms with Crippen molar-refractivity contribution in [2.24, 2.45) is 0 Å². The highest BCUT2D eigenvalue weighted by Gasteiger charge is 2.30. The molecule has 1 N–H and O–H groups in total. The molecule has 0 bridgehead atoms. The third kappa shape index (κ3) is 6.32. The Balaban J connectivity index is 1.82. The summed E-state index contributed by atoms with van der Waals surface area (Å²) < 4.78 is 43.6. The Hall–Kier alpha value is -3.56. The number of nitrogens with zero attached hydrogens (tertiary/aromatic N) is 1. The zero-order valence-corrected chi connectivity index (χ0v) is 21.0. The molecular formula is C26H30N2O6S. The highest BCUT2D eigenvalue weighted by molar-refractivity contribution is 7.89. The van der Waals surface area contributed by atoms with E-state index in [1.165, 1.54) is 23.5 Å². The van der Waals surface area contributed by atoms with Gasteiger partial charge in [-0.15, -0.1) is 0 Å². The maximum Gasteiger partial charge on any atom is 0.243 e. The molecular weight excluding hydrogens is 468 g/mol. The molecule has 1 atom stereocenters. The summed E-state index contributed by atoms with van der Waals surface area (Å²) in [6, 6.07) is 19.8. The first-order valence-corrected chi connectivity index (χ1v) is 12.4. The van der Waals surface area contributed by atoms with Gasteiger partial charge in [0, 0.05) is 20.0 Å². The maximum atomic E-state index is 13.3. The molecule has 0 saturated heterocycles. The minimum Gasteiger partial charge on any atom is -0.497 e. The summed E-state index contributed by atoms with van der Waals surface area (Å²) in [6.07, 6.45) is -0.0673. The smallest absolute Gasteiger partial charge is 0.243 e. The predicted molar refractivity (Wildman–Crippen MR) is 133 cm³/mol. The van der Waals surface area contributed by atoms with Crippen LogP contribution in [0.5, 0.6) is 17.2 Å². The van der Waals surface area contributed by atoms with Gasteiger partial charge in [-0.3, -0.25) is 4.79 Å². The standard InChI is InChI=1S/C26H30N2O6S/c1-28(35(30,31)22-8-6-5-7-9-22)23(20-11-13-21(32-2)14-12-20)17-26(29)27-18-19-10-15-24(33-3)25(16-19)34-4/h5-16,23H,17-18H2,1-4H3,(H,27,29)/t23-/m1/s1. The van der Waals surface area contributed by atoms with Crippen LogP contribution in [0.15, 0.2) is 77.7 Å². The number of sulfonamides is 1. The van der Waals surface area contributed by atoms with Gasteiger partial charge in [-0.25, -0.2) is 8.42 Å². The second-order valence-corrected chi connectivity index (χ2v) is 9.79. The fraction of sp³-hybridized carbons (Fsp3) is 0.269. The van der Waals surface area contributed by atoms with E-state index in [4.69, 9.17) is 14.2 Å². The van der Waals surface area contributed by atoms with Gasteiger partial charge in [0.1, 0.15) is 5.75 Å². The number of ether oxygens (including phenoxy) is 3. The molecule has 35 heavy (non-hydrogen) atoms. The number of amides is 1. The zero-order chi connectivity index (χ0) is 25.4. The molecule has 0 aliphatic carbocycles. The molecule has 1 amide bonds. The lowest BCUT2D eigenvalue weighted by atomic mass is 10.0. The molecule has 0 aromatic heterocycles. The van der Waals surface area contributed by atoms with Crippen molar-refractivity contribution < 1.29 is 27.4 Å². The van der Waals surface area contributed by atoms with Gasteiger partial charge in [0.05, 0.1) is 32.3 Å². The average molecular weight is 499 g/mol. The molecule has 0 aliphatic rings. The van der Waals surface area contributed by atoms with Gasteiger partial charge in [0.2, 0.25) is 15.9 Å². The van der Waals surface area contributed by atoms with Crippen LogP contribution < -0.4 is 19.5 Å². The van der Waals surface area contributed by atoms with Crippen molar-refractivity contribution in [1.29, 1.82) is 0 Å². The van der Waals surface area contributed by atoms with Gasteiger partial charge >= 0.3 is 0 Å². The van der Waals surface area contributed by atoms with E-state index in [1.807, 2.05) is 6.07 Å². The minimum absolute atomic E-state index is 0.0673. The Morgan fingerprint density at radius 2 is 1.54 bits per heavy atom. The molecule has 0 heterocycles. The summed E-state index contributed by atoms with van der Waals surface area (Å²) in [5.41, 5.74) is 1.50. The lowest BCUT2D eigenvalue weighted by Gasteiger charge is -2.28. The van der Waals surface area contributed by atoms with Crippen LogP contribution in [0.2, 0.25) is 0 Å². The monoisotopic (exact) mass is 498 g/mol. The summed E-state index contributed by atoms with van der Waals surface area (Å²) in [5.74, 6) is 1.49. The fourth-order valence-corrected chi connectivity index (χ4v) is 5.01. The summed E-state index contributed by atoms with van der Waals surface area (Å²) in [5, 5.41) is 2.88. The van der Waals surface area contributed by atoms with Gasteiger partial charge < -0.3 is 19.5 Å². The molecule has 0 aliphatic heterocycles. The quantitative estimate of drug-likeness (QED) is 0.432. The molecule has 3 aromatic rings. The maximum absolute atomic E-state index is 13.3. The van der Waals surface area contributed by atoms with Crippen LogP contribution in [0.1, 0.15) is 23.6 Å². The number of carbonyl (C=O) groups is 1. The first-order valence-electron chi connectivity index (χ1n) is 10.9. The Morgan fingerprint density at radius 3 is 2.14 bits per heavy atom. The summed E-state index contributed by atoms with van der Waals surface area (Å²) in [6.45, 7) is 0.254. The lowest BCUT2D eigenvalue weighted by molar-refractivity contribution is -0.122. The van der Waals surface area contributed by atoms with Crippen LogP contribution in [-0.2, 0) is 21.4 Å². The van der Waals surface area contributed by atoms with E-state index in [1.54, 1.807) is 75.9 Å². The minimum atomic E-state index is -3.84. The highest BCUT2D eigenvalue weighted by Crippen LogP contribution is 2.31. The van der Waals surface area contributed by atoms with Crippen LogP contribution in [-0.4, -0.2) is 47.0 Å². The van der Waals surface area contributed by atoms with Crippen molar-refractivity contribution in [1.82, 2.24) is 9.62 Å². The second-order valence-electron chi connectivity index (χ2n) is 7.79. The van der Waals surface area contributed by atoms with Crippen molar-refractivity contribution in [3.05, 3.63) is 83.9 Å². The van der Waals surface area contributed by atoms with Crippen molar-refractivity contribution in [3.63, 3.8) is 0 Å². The van der Waals surface area contributed by atoms with E-state index in [0.717, 1.165) is 5.56 Å². The normalized spacial score (nSPS) is 12.1. The van der Waals surface area contributed by atoms with E-state index in [2.05, 4.69) is 5.32 Å². The zero-order valence-electron chi connectivity index (χ0n) is 20.2. The van der Waals surface area contributed by atoms with Crippen LogP contribution in [0, 0.1) is 0 Å². The molecule has 0 fully saturated rings. The Labute approximate surface area is 206 Å². The van der Waals surface area contributed by atoms with E-state index in [0.29, 0.717) is 22.8 Å². The third-order valence-corrected chi connectivity index (χ3v) is 7.56. The van der Waals surface area contributed by atoms with Crippen molar-refractivity contribution >= 4 is 15.9 Å². The van der Waals surface area contributed by atoms with Gasteiger partial charge in [-0.2, -0.15) is 4.31 Å². The highest BCUT2D eigenvalue weighted by atomic mass is 32.2. The number of carbonyl (C=O) groups excluding carboxylic acids is 1. The first-order chi connectivity index (χ1) is 16.8. The average Bonchev–Trinajstić information content (AvgIpc) is 2.90. The summed E-state index contributed by atoms with van der Waals surface area (Å²) in [4.78, 5) is 13.1. The summed E-state index contributed by atoms with van der Waals surface area (Å²) in [7, 11) is 2.30. The van der Waals surface area contributed by atoms with Crippen molar-refractivity contribution in [2.45, 2.75) is 23.9 Å². The number of hydrogen-bond donors (Lipinski definition) is 1. The number of methoxy groups -OCH3 is 3. The summed E-state index contributed by atoms with van der Waals surface area (Å²) >= 11 is 0. The molecule has 0 radical (unpaired) electrons. The molecule has 9 heteroatoms. The van der Waals surface area contributed by atoms with E-state index in [9.17, 15) is 13.2 Å². The van der Waals surface area contributed by atoms with Gasteiger partial charge in [-0.05, 0) is 47.5 Å². The van der Waals surface area contributed by atoms with Crippen LogP contribution in [0.4, 0.5) is 0 Å². The Bertz CT molecular complexity index is 1230. The first kappa shape index (κ1) is 26.1. The largest absolute Gasteiger partial charge is 0.497 e. The molecule has 186 valence electrons. The molecule has 8 nitrogen and oxygen atoms in total. The predicted octanol–water partition coefficient (Wildman–Crippen LogP) is 3.78. The fourth-order valence-electron chi connectivity index (χ4n) is 3.65. The molecule has 0 saturated carbocycles. The van der Waals surface area contributed by atoms with Crippen LogP contribution in [0.3, 0.4) is 0 Å². The number of nitrogens with one attached hydrogen (secondary N) is 1. The van der Waals surface area contributed by atoms with E-state index in [-0.39, 0.29) is 23.8 Å². The van der Waals surface area contributed by atoms with E-state index >= 15 is 0 Å². The van der Waals surface area contributed by atoms with Crippen LogP contribution >= 0.6 is 0 Å². The van der Waals surface area contributed by atoms with Crippen molar-refractivity contribution in [3.8, 4) is 17.2 Å². The van der Waals surface area contributed by atoms with E-state index < -0.39 is 16.1 Å². The number of benzene rings is 3. The molecule has 3 rings (SSSR count). The molecule has 0 unspecified atom stereocenters. The van der Waals surface area contributed by atoms with Gasteiger partial charge in [0.15, 0.2) is 11.5 Å². The van der Waals surface area contributed by atoms with Crippen molar-refractivity contribution in [2.75, 3.05) is 28.4 Å². The topological polar surface area (TPSA) is 94.2 Å². The van der Waals surface area contributed by atoms with Gasteiger partial charge in [-0.1, -0.05) is 36.4 Å². The second kappa shape index (κ2) is 11.7. The third-order valence-electron chi connectivity index (χ3n) is 5.68. The Morgan fingerprint density at radius 1 is 0.886 bits per heavy atom. The number of rotatable bonds is 11. The van der Waals surface area contributed by atoms with Gasteiger partial charge in [0.25, 0.3) is 0 Å². The number of hydrogen-bond acceptors (Lipinski definition) is 6. The SMILES string of the molecule is COc1ccc([C@@H](CC(=O)NCc2ccc(OC)c(OC)c2)N(C)S(=O)(=O)c2ccccc2)cc1. The lowest BCUT2D eigenvalue weighted by Crippen LogP contribution is -2.35. The molecule has 3 aromatic carbocycles. The molecule has 0 spiro atoms.